The normalized spacial score (nSPS) is 13.1. The molecule has 2 aromatic carbocycles. The Hall–Kier alpha value is -3.75. The van der Waals surface area contributed by atoms with Gasteiger partial charge in [-0.3, -0.25) is 0 Å². The van der Waals surface area contributed by atoms with Crippen LogP contribution < -0.4 is 15.4 Å². The highest BCUT2D eigenvalue weighted by atomic mass is 16.6. The number of ether oxygens (including phenoxy) is 3. The zero-order chi connectivity index (χ0) is 27.7. The molecule has 0 heterocycles. The van der Waals surface area contributed by atoms with E-state index in [-0.39, 0.29) is 26.2 Å². The summed E-state index contributed by atoms with van der Waals surface area (Å²) < 4.78 is 16.3. The van der Waals surface area contributed by atoms with Gasteiger partial charge >= 0.3 is 18.2 Å². The monoisotopic (exact) mass is 514 g/mol. The highest BCUT2D eigenvalue weighted by Gasteiger charge is 2.50. The van der Waals surface area contributed by atoms with E-state index in [1.54, 1.807) is 65.8 Å². The maximum atomic E-state index is 12.6. The lowest BCUT2D eigenvalue weighted by atomic mass is 9.71. The van der Waals surface area contributed by atoms with Crippen molar-refractivity contribution in [1.29, 1.82) is 0 Å². The van der Waals surface area contributed by atoms with E-state index < -0.39 is 34.7 Å². The van der Waals surface area contributed by atoms with Crippen molar-refractivity contribution >= 4 is 18.2 Å². The molecule has 0 aliphatic carbocycles. The Kier molecular flexibility index (Phi) is 9.94. The van der Waals surface area contributed by atoms with Gasteiger partial charge in [-0.1, -0.05) is 63.2 Å². The molecule has 0 bridgehead atoms. The van der Waals surface area contributed by atoms with E-state index in [1.807, 2.05) is 30.3 Å². The quantitative estimate of drug-likeness (QED) is 0.394. The lowest BCUT2D eigenvalue weighted by Crippen LogP contribution is -2.63. The number of benzene rings is 2. The fourth-order valence-corrected chi connectivity index (χ4v) is 3.55. The van der Waals surface area contributed by atoms with E-state index in [0.29, 0.717) is 5.75 Å². The number of amides is 2. The SMILES string of the molecule is CC(C)(C)OC(=O)NCc1ccc(OCC[C@](NC(=O)OCc2ccccc2)(C(=O)O)C(C)(C)C)cc1. The fourth-order valence-electron chi connectivity index (χ4n) is 3.55. The molecule has 0 spiro atoms. The van der Waals surface area contributed by atoms with Crippen LogP contribution in [0.5, 0.6) is 5.75 Å². The van der Waals surface area contributed by atoms with Gasteiger partial charge in [-0.05, 0) is 49.4 Å². The number of carbonyl (C=O) groups excluding carboxylic acids is 2. The molecule has 9 heteroatoms. The Morgan fingerprint density at radius 2 is 1.46 bits per heavy atom. The molecular formula is C28H38N2O7. The second-order valence-corrected chi connectivity index (χ2v) is 10.7. The first kappa shape index (κ1) is 29.5. The zero-order valence-corrected chi connectivity index (χ0v) is 22.4. The topological polar surface area (TPSA) is 123 Å². The molecule has 3 N–H and O–H groups in total. The molecular weight excluding hydrogens is 476 g/mol. The van der Waals surface area contributed by atoms with Crippen LogP contribution in [-0.2, 0) is 27.4 Å². The number of carbonyl (C=O) groups is 3. The summed E-state index contributed by atoms with van der Waals surface area (Å²) in [6, 6.07) is 16.2. The first-order chi connectivity index (χ1) is 17.2. The predicted molar refractivity (Wildman–Crippen MR) is 139 cm³/mol. The van der Waals surface area contributed by atoms with E-state index >= 15 is 0 Å². The van der Waals surface area contributed by atoms with E-state index in [2.05, 4.69) is 10.6 Å². The van der Waals surface area contributed by atoms with Crippen molar-refractivity contribution in [2.24, 2.45) is 5.41 Å². The first-order valence-electron chi connectivity index (χ1n) is 12.1. The first-order valence-corrected chi connectivity index (χ1v) is 12.1. The molecule has 37 heavy (non-hydrogen) atoms. The molecule has 0 unspecified atom stereocenters. The molecule has 0 aliphatic rings. The lowest BCUT2D eigenvalue weighted by molar-refractivity contribution is -0.150. The van der Waals surface area contributed by atoms with Crippen molar-refractivity contribution < 1.29 is 33.7 Å². The van der Waals surface area contributed by atoms with E-state index in [0.717, 1.165) is 11.1 Å². The highest BCUT2D eigenvalue weighted by Crippen LogP contribution is 2.34. The van der Waals surface area contributed by atoms with Gasteiger partial charge in [0.1, 0.15) is 23.5 Å². The number of carboxylic acids is 1. The summed E-state index contributed by atoms with van der Waals surface area (Å²) >= 11 is 0. The Bertz CT molecular complexity index is 1040. The van der Waals surface area contributed by atoms with Crippen LogP contribution >= 0.6 is 0 Å². The van der Waals surface area contributed by atoms with Crippen LogP contribution in [0.25, 0.3) is 0 Å². The molecule has 0 radical (unpaired) electrons. The Morgan fingerprint density at radius 3 is 2.00 bits per heavy atom. The molecule has 0 aromatic heterocycles. The lowest BCUT2D eigenvalue weighted by Gasteiger charge is -2.41. The Labute approximate surface area is 218 Å². The maximum Gasteiger partial charge on any atom is 0.408 e. The number of hydrogen-bond acceptors (Lipinski definition) is 6. The minimum atomic E-state index is -1.63. The number of hydrogen-bond donors (Lipinski definition) is 3. The van der Waals surface area contributed by atoms with Crippen LogP contribution in [0.4, 0.5) is 9.59 Å². The summed E-state index contributed by atoms with van der Waals surface area (Å²) in [6.45, 7) is 11.0. The van der Waals surface area contributed by atoms with E-state index in [1.165, 1.54) is 0 Å². The largest absolute Gasteiger partial charge is 0.493 e. The number of alkyl carbamates (subject to hydrolysis) is 2. The second-order valence-electron chi connectivity index (χ2n) is 10.7. The van der Waals surface area contributed by atoms with Gasteiger partial charge in [-0.25, -0.2) is 14.4 Å². The minimum absolute atomic E-state index is 0.00816. The maximum absolute atomic E-state index is 12.6. The molecule has 0 fully saturated rings. The van der Waals surface area contributed by atoms with Gasteiger partial charge in [0.2, 0.25) is 0 Å². The van der Waals surface area contributed by atoms with Gasteiger partial charge in [-0.15, -0.1) is 0 Å². The van der Waals surface area contributed by atoms with Gasteiger partial charge in [0.15, 0.2) is 0 Å². The van der Waals surface area contributed by atoms with Gasteiger partial charge in [-0.2, -0.15) is 0 Å². The second kappa shape index (κ2) is 12.5. The average Bonchev–Trinajstić information content (AvgIpc) is 2.80. The van der Waals surface area contributed by atoms with Crippen LogP contribution in [0.3, 0.4) is 0 Å². The minimum Gasteiger partial charge on any atom is -0.493 e. The molecule has 0 aliphatic heterocycles. The molecule has 9 nitrogen and oxygen atoms in total. The average molecular weight is 515 g/mol. The third-order valence-electron chi connectivity index (χ3n) is 5.68. The molecule has 2 aromatic rings. The van der Waals surface area contributed by atoms with Crippen LogP contribution in [0.2, 0.25) is 0 Å². The van der Waals surface area contributed by atoms with E-state index in [9.17, 15) is 19.5 Å². The van der Waals surface area contributed by atoms with Crippen LogP contribution in [0.1, 0.15) is 59.1 Å². The molecule has 1 atom stereocenters. The summed E-state index contributed by atoms with van der Waals surface area (Å²) in [6.07, 6.45) is -1.31. The fraction of sp³-hybridized carbons (Fsp3) is 0.464. The molecule has 202 valence electrons. The van der Waals surface area contributed by atoms with Gasteiger partial charge in [0.05, 0.1) is 6.61 Å². The number of carboxylic acid groups (broad SMARTS) is 1. The Morgan fingerprint density at radius 1 is 0.838 bits per heavy atom. The van der Waals surface area contributed by atoms with Crippen LogP contribution in [0.15, 0.2) is 54.6 Å². The molecule has 0 saturated heterocycles. The predicted octanol–water partition coefficient (Wildman–Crippen LogP) is 5.28. The highest BCUT2D eigenvalue weighted by molar-refractivity contribution is 5.85. The summed E-state index contributed by atoms with van der Waals surface area (Å²) in [5.41, 5.74) is -1.41. The summed E-state index contributed by atoms with van der Waals surface area (Å²) in [5, 5.41) is 15.4. The van der Waals surface area contributed by atoms with Gasteiger partial charge in [0.25, 0.3) is 0 Å². The van der Waals surface area contributed by atoms with Crippen molar-refractivity contribution in [3.63, 3.8) is 0 Å². The summed E-state index contributed by atoms with van der Waals surface area (Å²) in [5.74, 6) is -0.648. The summed E-state index contributed by atoms with van der Waals surface area (Å²) in [4.78, 5) is 36.8. The van der Waals surface area contributed by atoms with Crippen molar-refractivity contribution in [3.05, 3.63) is 65.7 Å². The van der Waals surface area contributed by atoms with Crippen molar-refractivity contribution in [1.82, 2.24) is 10.6 Å². The van der Waals surface area contributed by atoms with Gasteiger partial charge < -0.3 is 30.0 Å². The van der Waals surface area contributed by atoms with Crippen LogP contribution in [0, 0.1) is 5.41 Å². The third kappa shape index (κ3) is 9.33. The van der Waals surface area contributed by atoms with Crippen molar-refractivity contribution in [3.8, 4) is 5.75 Å². The zero-order valence-electron chi connectivity index (χ0n) is 22.4. The molecule has 0 saturated carbocycles. The molecule has 2 rings (SSSR count). The standard InChI is InChI=1S/C28H38N2O7/c1-26(2,3)28(23(31)32,30-25(34)36-19-21-10-8-7-9-11-21)16-17-35-22-14-12-20(13-15-22)18-29-24(33)37-27(4,5)6/h7-15H,16-19H2,1-6H3,(H,29,33)(H,30,34)(H,31,32)/t28-/m0/s1. The van der Waals surface area contributed by atoms with Crippen molar-refractivity contribution in [2.75, 3.05) is 6.61 Å². The smallest absolute Gasteiger partial charge is 0.408 e. The number of nitrogens with one attached hydrogen (secondary N) is 2. The Balaban J connectivity index is 1.96. The summed E-state index contributed by atoms with van der Waals surface area (Å²) in [7, 11) is 0. The van der Waals surface area contributed by atoms with Crippen molar-refractivity contribution in [2.45, 2.75) is 72.3 Å². The third-order valence-corrected chi connectivity index (χ3v) is 5.68. The number of aliphatic carboxylic acids is 1. The molecule has 2 amide bonds. The number of rotatable bonds is 10. The van der Waals surface area contributed by atoms with Gasteiger partial charge in [0, 0.05) is 13.0 Å². The van der Waals surface area contributed by atoms with Crippen LogP contribution in [-0.4, -0.2) is 41.0 Å². The van der Waals surface area contributed by atoms with E-state index in [4.69, 9.17) is 14.2 Å².